The number of nitrogens with zero attached hydrogens (tertiary/aromatic N) is 2. The van der Waals surface area contributed by atoms with E-state index in [0.717, 1.165) is 29.7 Å². The van der Waals surface area contributed by atoms with E-state index in [1.165, 1.54) is 13.1 Å². The maximum absolute atomic E-state index is 12.6. The normalized spacial score (nSPS) is 10.8. The molecule has 2 aromatic heterocycles. The molecule has 0 saturated carbocycles. The van der Waals surface area contributed by atoms with Crippen LogP contribution in [-0.2, 0) is 27.2 Å². The Morgan fingerprint density at radius 3 is 2.55 bits per heavy atom. The molecule has 2 heterocycles. The largest absolute Gasteiger partial charge is 0.465 e. The number of hydrogen-bond donors (Lipinski definition) is 1. The number of fused-ring (bicyclic) bond motifs is 1. The molecule has 1 aromatic carbocycles. The lowest BCUT2D eigenvalue weighted by atomic mass is 10.0. The minimum atomic E-state index is -0.443. The van der Waals surface area contributed by atoms with Gasteiger partial charge in [-0.2, -0.15) is 0 Å². The standard InChI is InChI=1S/C25H29N3O5/c1-5-28(6-2)20-9-10-21-16(3)22(25(31)33-23(21)14-20)11-12-32-24(30)13-18-7-8-19(15-26-18)27-17(4)29/h7-10,14-15H,5-6,11-13H2,1-4H3,(H,27,29). The highest BCUT2D eigenvalue weighted by molar-refractivity contribution is 5.88. The third-order valence-corrected chi connectivity index (χ3v) is 5.49. The molecular weight excluding hydrogens is 422 g/mol. The summed E-state index contributed by atoms with van der Waals surface area (Å²) in [6.07, 6.45) is 1.75. The molecule has 8 nitrogen and oxygen atoms in total. The molecule has 0 aliphatic carbocycles. The lowest BCUT2D eigenvalue weighted by Crippen LogP contribution is -2.21. The van der Waals surface area contributed by atoms with Gasteiger partial charge in [-0.3, -0.25) is 14.6 Å². The Morgan fingerprint density at radius 1 is 1.15 bits per heavy atom. The first kappa shape index (κ1) is 24.0. The number of rotatable bonds is 9. The first-order chi connectivity index (χ1) is 15.8. The highest BCUT2D eigenvalue weighted by atomic mass is 16.5. The summed E-state index contributed by atoms with van der Waals surface area (Å²) in [6, 6.07) is 9.21. The maximum Gasteiger partial charge on any atom is 0.339 e. The summed E-state index contributed by atoms with van der Waals surface area (Å²) in [7, 11) is 0. The van der Waals surface area contributed by atoms with Gasteiger partial charge in [0.05, 0.1) is 30.6 Å². The number of aromatic nitrogens is 1. The van der Waals surface area contributed by atoms with Crippen molar-refractivity contribution in [2.75, 3.05) is 29.9 Å². The van der Waals surface area contributed by atoms with Crippen molar-refractivity contribution in [1.82, 2.24) is 4.98 Å². The number of carbonyl (C=O) groups excluding carboxylic acids is 2. The van der Waals surface area contributed by atoms with Gasteiger partial charge in [0.25, 0.3) is 0 Å². The van der Waals surface area contributed by atoms with Gasteiger partial charge in [0.15, 0.2) is 0 Å². The molecule has 174 valence electrons. The van der Waals surface area contributed by atoms with Crippen LogP contribution in [0, 0.1) is 6.92 Å². The van der Waals surface area contributed by atoms with E-state index in [0.29, 0.717) is 22.5 Å². The number of aryl methyl sites for hydroxylation is 1. The molecule has 0 radical (unpaired) electrons. The summed E-state index contributed by atoms with van der Waals surface area (Å²) < 4.78 is 10.9. The van der Waals surface area contributed by atoms with Crippen molar-refractivity contribution in [2.24, 2.45) is 0 Å². The van der Waals surface area contributed by atoms with E-state index in [4.69, 9.17) is 9.15 Å². The summed E-state index contributed by atoms with van der Waals surface area (Å²) in [4.78, 5) is 42.1. The first-order valence-corrected chi connectivity index (χ1v) is 11.0. The van der Waals surface area contributed by atoms with E-state index < -0.39 is 11.6 Å². The number of nitrogens with one attached hydrogen (secondary N) is 1. The minimum Gasteiger partial charge on any atom is -0.465 e. The lowest BCUT2D eigenvalue weighted by molar-refractivity contribution is -0.142. The number of carbonyl (C=O) groups is 2. The van der Waals surface area contributed by atoms with Crippen molar-refractivity contribution in [3.05, 3.63) is 63.8 Å². The maximum atomic E-state index is 12.6. The Balaban J connectivity index is 1.63. The van der Waals surface area contributed by atoms with Gasteiger partial charge in [0.2, 0.25) is 5.91 Å². The molecule has 0 aliphatic heterocycles. The molecule has 0 atom stereocenters. The van der Waals surface area contributed by atoms with Crippen LogP contribution in [0.2, 0.25) is 0 Å². The van der Waals surface area contributed by atoms with Gasteiger partial charge >= 0.3 is 11.6 Å². The number of anilines is 2. The van der Waals surface area contributed by atoms with Crippen LogP contribution in [0.15, 0.2) is 45.7 Å². The van der Waals surface area contributed by atoms with Crippen molar-refractivity contribution in [2.45, 2.75) is 40.5 Å². The quantitative estimate of drug-likeness (QED) is 0.391. The molecule has 0 saturated heterocycles. The van der Waals surface area contributed by atoms with Gasteiger partial charge < -0.3 is 19.4 Å². The summed E-state index contributed by atoms with van der Waals surface area (Å²) in [5, 5.41) is 3.49. The van der Waals surface area contributed by atoms with Gasteiger partial charge in [0, 0.05) is 49.1 Å². The van der Waals surface area contributed by atoms with E-state index in [1.807, 2.05) is 25.1 Å². The summed E-state index contributed by atoms with van der Waals surface area (Å²) in [6.45, 7) is 9.25. The molecule has 3 aromatic rings. The lowest BCUT2D eigenvalue weighted by Gasteiger charge is -2.21. The topological polar surface area (TPSA) is 102 Å². The van der Waals surface area contributed by atoms with E-state index in [9.17, 15) is 14.4 Å². The summed E-state index contributed by atoms with van der Waals surface area (Å²) >= 11 is 0. The van der Waals surface area contributed by atoms with Gasteiger partial charge in [-0.15, -0.1) is 0 Å². The predicted octanol–water partition coefficient (Wildman–Crippen LogP) is 3.63. The number of esters is 1. The Labute approximate surface area is 192 Å². The zero-order valence-electron chi connectivity index (χ0n) is 19.4. The fourth-order valence-electron chi connectivity index (χ4n) is 3.73. The van der Waals surface area contributed by atoms with E-state index in [-0.39, 0.29) is 25.4 Å². The fourth-order valence-corrected chi connectivity index (χ4v) is 3.73. The van der Waals surface area contributed by atoms with E-state index in [2.05, 4.69) is 29.0 Å². The third-order valence-electron chi connectivity index (χ3n) is 5.49. The summed E-state index contributed by atoms with van der Waals surface area (Å²) in [5.41, 5.74) is 3.57. The van der Waals surface area contributed by atoms with Crippen molar-refractivity contribution < 1.29 is 18.7 Å². The Kier molecular flexibility index (Phi) is 7.82. The molecule has 8 heteroatoms. The van der Waals surface area contributed by atoms with Crippen molar-refractivity contribution >= 4 is 34.2 Å². The predicted molar refractivity (Wildman–Crippen MR) is 128 cm³/mol. The van der Waals surface area contributed by atoms with Gasteiger partial charge in [0.1, 0.15) is 5.58 Å². The van der Waals surface area contributed by atoms with Crippen LogP contribution >= 0.6 is 0 Å². The Hall–Kier alpha value is -3.68. The van der Waals surface area contributed by atoms with Gasteiger partial charge in [-0.1, -0.05) is 0 Å². The molecule has 33 heavy (non-hydrogen) atoms. The molecule has 0 unspecified atom stereocenters. The van der Waals surface area contributed by atoms with Crippen LogP contribution in [0.5, 0.6) is 0 Å². The van der Waals surface area contributed by atoms with Crippen molar-refractivity contribution in [3.8, 4) is 0 Å². The second kappa shape index (κ2) is 10.8. The van der Waals surface area contributed by atoms with Crippen LogP contribution in [0.25, 0.3) is 11.0 Å². The van der Waals surface area contributed by atoms with Crippen LogP contribution in [0.3, 0.4) is 0 Å². The molecule has 0 bridgehead atoms. The zero-order chi connectivity index (χ0) is 24.0. The second-order valence-corrected chi connectivity index (χ2v) is 7.71. The number of pyridine rings is 1. The zero-order valence-corrected chi connectivity index (χ0v) is 19.4. The highest BCUT2D eigenvalue weighted by Crippen LogP contribution is 2.25. The van der Waals surface area contributed by atoms with Gasteiger partial charge in [-0.05, 0) is 50.6 Å². The second-order valence-electron chi connectivity index (χ2n) is 7.71. The smallest absolute Gasteiger partial charge is 0.339 e. The average Bonchev–Trinajstić information content (AvgIpc) is 2.77. The Bertz CT molecular complexity index is 1200. The van der Waals surface area contributed by atoms with Crippen LogP contribution in [-0.4, -0.2) is 36.6 Å². The molecule has 0 fully saturated rings. The van der Waals surface area contributed by atoms with E-state index in [1.54, 1.807) is 12.1 Å². The molecule has 0 aliphatic rings. The highest BCUT2D eigenvalue weighted by Gasteiger charge is 2.14. The number of hydrogen-bond acceptors (Lipinski definition) is 7. The van der Waals surface area contributed by atoms with Crippen LogP contribution in [0.4, 0.5) is 11.4 Å². The average molecular weight is 452 g/mol. The molecule has 1 N–H and O–H groups in total. The van der Waals surface area contributed by atoms with Gasteiger partial charge in [-0.25, -0.2) is 4.79 Å². The first-order valence-electron chi connectivity index (χ1n) is 11.0. The van der Waals surface area contributed by atoms with Crippen molar-refractivity contribution in [3.63, 3.8) is 0 Å². The minimum absolute atomic E-state index is 0.000203. The van der Waals surface area contributed by atoms with Crippen LogP contribution < -0.4 is 15.8 Å². The third kappa shape index (κ3) is 5.97. The number of ether oxygens (including phenoxy) is 1. The fraction of sp³-hybridized carbons (Fsp3) is 0.360. The van der Waals surface area contributed by atoms with Crippen LogP contribution in [0.1, 0.15) is 37.6 Å². The Morgan fingerprint density at radius 2 is 1.91 bits per heavy atom. The van der Waals surface area contributed by atoms with E-state index >= 15 is 0 Å². The monoisotopic (exact) mass is 451 g/mol. The SMILES string of the molecule is CCN(CC)c1ccc2c(C)c(CCOC(=O)Cc3ccc(NC(C)=O)cn3)c(=O)oc2c1. The number of amides is 1. The molecular formula is C25H29N3O5. The number of benzene rings is 1. The molecule has 1 amide bonds. The van der Waals surface area contributed by atoms with Crippen molar-refractivity contribution in [1.29, 1.82) is 0 Å². The molecule has 3 rings (SSSR count). The molecule has 0 spiro atoms. The summed E-state index contributed by atoms with van der Waals surface area (Å²) in [5.74, 6) is -0.636.